The molecule has 114 valence electrons. The molecule has 0 aromatic heterocycles. The molecule has 10 heteroatoms. The van der Waals surface area contributed by atoms with Crippen molar-refractivity contribution in [3.05, 3.63) is 0 Å². The molecule has 0 heterocycles. The SMILES string of the molecule is CN(C)C(=O)C(CNC(=S)S)(NC(=S)S)C(=O)N(C)C. The van der Waals surface area contributed by atoms with Gasteiger partial charge in [0.25, 0.3) is 11.8 Å². The molecule has 0 aliphatic rings. The molecule has 0 radical (unpaired) electrons. The summed E-state index contributed by atoms with van der Waals surface area (Å²) in [6.45, 7) is -0.0932. The second-order valence-electron chi connectivity index (χ2n) is 4.39. The minimum absolute atomic E-state index is 0.0299. The molecule has 0 saturated heterocycles. The van der Waals surface area contributed by atoms with Gasteiger partial charge in [-0.25, -0.2) is 0 Å². The standard InChI is InChI=1S/C10H18N4O2S4/c1-13(2)6(15)10(12-9(19)20,5-11-8(17)18)7(16)14(3)4/h5H2,1-4H3,(H2,11,17,18)(H2,12,19,20). The summed E-state index contributed by atoms with van der Waals surface area (Å²) in [6.07, 6.45) is 0. The molecule has 0 saturated carbocycles. The minimum Gasteiger partial charge on any atom is -0.368 e. The highest BCUT2D eigenvalue weighted by Gasteiger charge is 2.48. The lowest BCUT2D eigenvalue weighted by molar-refractivity contribution is -0.147. The summed E-state index contributed by atoms with van der Waals surface area (Å²) in [5.74, 6) is -0.936. The highest BCUT2D eigenvalue weighted by Crippen LogP contribution is 2.13. The van der Waals surface area contributed by atoms with Gasteiger partial charge in [-0.3, -0.25) is 9.59 Å². The Morgan fingerprint density at radius 2 is 1.40 bits per heavy atom. The van der Waals surface area contributed by atoms with E-state index in [4.69, 9.17) is 24.4 Å². The van der Waals surface area contributed by atoms with Gasteiger partial charge in [0.2, 0.25) is 5.54 Å². The van der Waals surface area contributed by atoms with Crippen molar-refractivity contribution in [1.82, 2.24) is 20.4 Å². The van der Waals surface area contributed by atoms with Crippen molar-refractivity contribution in [2.45, 2.75) is 5.54 Å². The molecule has 0 aliphatic heterocycles. The summed E-state index contributed by atoms with van der Waals surface area (Å²) in [6, 6.07) is 0. The van der Waals surface area contributed by atoms with Crippen molar-refractivity contribution in [2.75, 3.05) is 34.7 Å². The Bertz CT molecular complexity index is 405. The second-order valence-corrected chi connectivity index (χ2v) is 6.71. The normalized spacial score (nSPS) is 10.5. The molecular weight excluding hydrogens is 336 g/mol. The molecule has 0 fully saturated rings. The zero-order chi connectivity index (χ0) is 16.1. The highest BCUT2D eigenvalue weighted by atomic mass is 32.1. The fourth-order valence-electron chi connectivity index (χ4n) is 1.55. The molecule has 6 nitrogen and oxygen atoms in total. The first-order valence-electron chi connectivity index (χ1n) is 5.46. The van der Waals surface area contributed by atoms with Gasteiger partial charge in [-0.1, -0.05) is 24.4 Å². The van der Waals surface area contributed by atoms with Gasteiger partial charge in [-0.2, -0.15) is 0 Å². The predicted octanol–water partition coefficient (Wildman–Crippen LogP) is -0.490. The number of carbonyl (C=O) groups excluding carboxylic acids is 2. The van der Waals surface area contributed by atoms with Crippen LogP contribution in [0.15, 0.2) is 0 Å². The first-order valence-corrected chi connectivity index (χ1v) is 7.17. The van der Waals surface area contributed by atoms with Gasteiger partial charge >= 0.3 is 0 Å². The van der Waals surface area contributed by atoms with Crippen molar-refractivity contribution in [3.8, 4) is 0 Å². The Morgan fingerprint density at radius 3 is 1.65 bits per heavy atom. The van der Waals surface area contributed by atoms with E-state index < -0.39 is 17.4 Å². The molecule has 0 aromatic carbocycles. The van der Waals surface area contributed by atoms with E-state index >= 15 is 0 Å². The van der Waals surface area contributed by atoms with E-state index in [1.807, 2.05) is 0 Å². The maximum absolute atomic E-state index is 12.5. The van der Waals surface area contributed by atoms with Crippen LogP contribution in [0, 0.1) is 0 Å². The number of thiol groups is 2. The van der Waals surface area contributed by atoms with Crippen LogP contribution in [0.4, 0.5) is 0 Å². The Balaban J connectivity index is 5.74. The third-order valence-electron chi connectivity index (χ3n) is 2.37. The average Bonchev–Trinajstić information content (AvgIpc) is 2.31. The van der Waals surface area contributed by atoms with Crippen LogP contribution in [-0.4, -0.2) is 70.5 Å². The monoisotopic (exact) mass is 354 g/mol. The summed E-state index contributed by atoms with van der Waals surface area (Å²) >= 11 is 17.6. The molecule has 2 amide bonds. The van der Waals surface area contributed by atoms with Gasteiger partial charge in [-0.05, 0) is 0 Å². The van der Waals surface area contributed by atoms with Gasteiger partial charge in [0.15, 0.2) is 0 Å². The number of nitrogens with one attached hydrogen (secondary N) is 2. The molecule has 20 heavy (non-hydrogen) atoms. The zero-order valence-electron chi connectivity index (χ0n) is 11.6. The topological polar surface area (TPSA) is 64.7 Å². The van der Waals surface area contributed by atoms with Crippen LogP contribution in [-0.2, 0) is 9.59 Å². The number of thiocarbonyl (C=S) groups is 2. The molecule has 2 N–H and O–H groups in total. The lowest BCUT2D eigenvalue weighted by Gasteiger charge is -2.36. The van der Waals surface area contributed by atoms with E-state index in [0.29, 0.717) is 0 Å². The number of rotatable bonds is 5. The molecule has 0 unspecified atom stereocenters. The number of carbonyl (C=O) groups is 2. The van der Waals surface area contributed by atoms with Crippen molar-refractivity contribution >= 4 is 70.1 Å². The van der Waals surface area contributed by atoms with Crippen LogP contribution in [0.5, 0.6) is 0 Å². The van der Waals surface area contributed by atoms with Crippen molar-refractivity contribution in [2.24, 2.45) is 0 Å². The van der Waals surface area contributed by atoms with Crippen LogP contribution in [0.1, 0.15) is 0 Å². The highest BCUT2D eigenvalue weighted by molar-refractivity contribution is 8.11. The van der Waals surface area contributed by atoms with Crippen LogP contribution in [0.25, 0.3) is 0 Å². The molecule has 0 bridgehead atoms. The van der Waals surface area contributed by atoms with Gasteiger partial charge in [0, 0.05) is 28.2 Å². The second kappa shape index (κ2) is 8.01. The minimum atomic E-state index is -1.63. The third kappa shape index (κ3) is 5.08. The Kier molecular flexibility index (Phi) is 7.78. The Hall–Kier alpha value is -0.580. The van der Waals surface area contributed by atoms with E-state index in [2.05, 4.69) is 35.9 Å². The zero-order valence-corrected chi connectivity index (χ0v) is 15.1. The first kappa shape index (κ1) is 19.4. The van der Waals surface area contributed by atoms with Crippen LogP contribution >= 0.6 is 49.7 Å². The number of amides is 2. The summed E-state index contributed by atoms with van der Waals surface area (Å²) < 4.78 is 0.196. The fraction of sp³-hybridized carbons (Fsp3) is 0.600. The Morgan fingerprint density at radius 1 is 1.00 bits per heavy atom. The fourth-order valence-corrected chi connectivity index (χ4v) is 2.06. The summed E-state index contributed by atoms with van der Waals surface area (Å²) in [5, 5.41) is 5.38. The smallest absolute Gasteiger partial charge is 0.259 e. The van der Waals surface area contributed by atoms with E-state index in [9.17, 15) is 9.59 Å². The van der Waals surface area contributed by atoms with Gasteiger partial charge in [0.05, 0.1) is 6.54 Å². The van der Waals surface area contributed by atoms with E-state index in [0.717, 1.165) is 0 Å². The van der Waals surface area contributed by atoms with Gasteiger partial charge in [0.1, 0.15) is 8.64 Å². The lowest BCUT2D eigenvalue weighted by Crippen LogP contribution is -2.69. The van der Waals surface area contributed by atoms with Gasteiger partial charge in [-0.15, -0.1) is 25.3 Å². The summed E-state index contributed by atoms with van der Waals surface area (Å²) in [4.78, 5) is 27.5. The van der Waals surface area contributed by atoms with Crippen molar-refractivity contribution < 1.29 is 9.59 Å². The van der Waals surface area contributed by atoms with Crippen molar-refractivity contribution in [1.29, 1.82) is 0 Å². The van der Waals surface area contributed by atoms with Crippen LogP contribution in [0.2, 0.25) is 0 Å². The van der Waals surface area contributed by atoms with E-state index in [1.54, 1.807) is 28.2 Å². The first-order chi connectivity index (χ1) is 9.04. The quantitative estimate of drug-likeness (QED) is 0.304. The molecule has 0 rings (SSSR count). The lowest BCUT2D eigenvalue weighted by atomic mass is 9.96. The Labute approximate surface area is 140 Å². The average molecular weight is 355 g/mol. The maximum Gasteiger partial charge on any atom is 0.259 e. The molecule has 0 aromatic rings. The number of hydrogen-bond acceptors (Lipinski definition) is 4. The van der Waals surface area contributed by atoms with E-state index in [1.165, 1.54) is 9.80 Å². The predicted molar refractivity (Wildman–Crippen MR) is 94.4 cm³/mol. The number of hydrogen-bond donors (Lipinski definition) is 4. The molecular formula is C10H18N4O2S4. The third-order valence-corrected chi connectivity index (χ3v) is 2.88. The summed E-state index contributed by atoms with van der Waals surface area (Å²) in [7, 11) is 6.18. The molecule has 0 aliphatic carbocycles. The summed E-state index contributed by atoms with van der Waals surface area (Å²) in [5.41, 5.74) is -1.63. The molecule has 0 spiro atoms. The van der Waals surface area contributed by atoms with Crippen LogP contribution < -0.4 is 10.6 Å². The largest absolute Gasteiger partial charge is 0.368 e. The van der Waals surface area contributed by atoms with Gasteiger partial charge < -0.3 is 20.4 Å². The molecule has 0 atom stereocenters. The maximum atomic E-state index is 12.5. The van der Waals surface area contributed by atoms with E-state index in [-0.39, 0.29) is 15.2 Å². The van der Waals surface area contributed by atoms with Crippen molar-refractivity contribution in [3.63, 3.8) is 0 Å². The number of likely N-dealkylation sites (N-methyl/N-ethyl adjacent to an activating group) is 2. The van der Waals surface area contributed by atoms with Crippen LogP contribution in [0.3, 0.4) is 0 Å². The number of nitrogens with zero attached hydrogens (tertiary/aromatic N) is 2.